The third-order valence-electron chi connectivity index (χ3n) is 5.24. The molecule has 2 rings (SSSR count). The van der Waals surface area contributed by atoms with Crippen molar-refractivity contribution in [2.75, 3.05) is 18.9 Å². The summed E-state index contributed by atoms with van der Waals surface area (Å²) < 4.78 is 1.82. The topological polar surface area (TPSA) is 91.0 Å². The summed E-state index contributed by atoms with van der Waals surface area (Å²) in [5.41, 5.74) is 5.79. The Kier molecular flexibility index (Phi) is 7.54. The molecule has 0 bridgehead atoms. The Labute approximate surface area is 172 Å². The summed E-state index contributed by atoms with van der Waals surface area (Å²) in [4.78, 5) is 26.3. The molecule has 154 valence electrons. The van der Waals surface area contributed by atoms with E-state index in [-0.39, 0.29) is 18.4 Å². The van der Waals surface area contributed by atoms with Crippen LogP contribution < -0.4 is 5.32 Å². The third kappa shape index (κ3) is 5.67. The highest BCUT2D eigenvalue weighted by Crippen LogP contribution is 2.18. The maximum absolute atomic E-state index is 12.5. The van der Waals surface area contributed by atoms with Crippen LogP contribution >= 0.6 is 0 Å². The molecular weight excluding hydrogens is 366 g/mol. The van der Waals surface area contributed by atoms with Crippen LogP contribution in [0.2, 0.25) is 0 Å². The number of aromatic nitrogens is 2. The van der Waals surface area contributed by atoms with Crippen molar-refractivity contribution in [3.63, 3.8) is 0 Å². The summed E-state index contributed by atoms with van der Waals surface area (Å²) >= 11 is 0. The van der Waals surface area contributed by atoms with Crippen LogP contribution in [0.25, 0.3) is 0 Å². The quantitative estimate of drug-likeness (QED) is 0.744. The van der Waals surface area contributed by atoms with E-state index in [1.54, 1.807) is 7.05 Å². The summed E-state index contributed by atoms with van der Waals surface area (Å²) in [7, 11) is 1.64. The summed E-state index contributed by atoms with van der Waals surface area (Å²) in [6.45, 7) is 8.38. The minimum atomic E-state index is -0.216. The average Bonchev–Trinajstić information content (AvgIpc) is 2.94. The molecule has 1 N–H and O–H groups in total. The average molecular weight is 396 g/mol. The molecule has 1 heterocycles. The normalized spacial score (nSPS) is 10.5. The van der Waals surface area contributed by atoms with Crippen molar-refractivity contribution in [3.05, 3.63) is 46.3 Å². The zero-order chi connectivity index (χ0) is 21.6. The number of nitrogens with zero attached hydrogens (tertiary/aromatic N) is 4. The molecule has 0 aliphatic rings. The van der Waals surface area contributed by atoms with Gasteiger partial charge < -0.3 is 10.2 Å². The van der Waals surface area contributed by atoms with Crippen molar-refractivity contribution in [1.82, 2.24) is 14.7 Å². The van der Waals surface area contributed by atoms with Gasteiger partial charge in [-0.15, -0.1) is 0 Å². The van der Waals surface area contributed by atoms with E-state index in [0.29, 0.717) is 25.8 Å². The summed E-state index contributed by atoms with van der Waals surface area (Å²) in [5.74, 6) is -0.309. The van der Waals surface area contributed by atoms with E-state index in [0.717, 1.165) is 33.8 Å². The molecule has 0 saturated carbocycles. The van der Waals surface area contributed by atoms with Gasteiger partial charge in [0.2, 0.25) is 11.8 Å². The Morgan fingerprint density at radius 1 is 1.24 bits per heavy atom. The Bertz CT molecular complexity index is 939. The van der Waals surface area contributed by atoms with Crippen molar-refractivity contribution < 1.29 is 9.59 Å². The first-order valence-corrected chi connectivity index (χ1v) is 9.74. The summed E-state index contributed by atoms with van der Waals surface area (Å²) in [6, 6.07) is 7.87. The Morgan fingerprint density at radius 3 is 2.66 bits per heavy atom. The number of hydrogen-bond donors (Lipinski definition) is 1. The highest BCUT2D eigenvalue weighted by molar-refractivity contribution is 5.95. The first-order valence-electron chi connectivity index (χ1n) is 9.74. The number of aryl methyl sites for hydroxylation is 3. The van der Waals surface area contributed by atoms with Crippen LogP contribution in [0.15, 0.2) is 18.2 Å². The highest BCUT2D eigenvalue weighted by Gasteiger charge is 2.17. The monoisotopic (exact) mass is 395 g/mol. The second-order valence-electron chi connectivity index (χ2n) is 7.33. The van der Waals surface area contributed by atoms with E-state index >= 15 is 0 Å². The molecule has 2 amide bonds. The van der Waals surface area contributed by atoms with Crippen molar-refractivity contribution in [2.45, 2.75) is 53.5 Å². The minimum Gasteiger partial charge on any atom is -0.336 e. The molecule has 0 radical (unpaired) electrons. The van der Waals surface area contributed by atoms with Gasteiger partial charge in [-0.25, -0.2) is 0 Å². The molecule has 0 saturated heterocycles. The van der Waals surface area contributed by atoms with E-state index < -0.39 is 0 Å². The number of benzene rings is 1. The summed E-state index contributed by atoms with van der Waals surface area (Å²) in [5, 5.41) is 16.1. The number of carbonyl (C=O) groups excluding carboxylic acids is 2. The number of rotatable bonds is 8. The first-order chi connectivity index (χ1) is 13.7. The maximum atomic E-state index is 12.5. The second-order valence-corrected chi connectivity index (χ2v) is 7.33. The van der Waals surface area contributed by atoms with Crippen LogP contribution in [-0.4, -0.2) is 40.1 Å². The van der Waals surface area contributed by atoms with Gasteiger partial charge in [-0.2, -0.15) is 10.4 Å². The molecule has 0 spiro atoms. The Morgan fingerprint density at radius 2 is 1.97 bits per heavy atom. The van der Waals surface area contributed by atoms with Gasteiger partial charge in [0, 0.05) is 24.8 Å². The van der Waals surface area contributed by atoms with Gasteiger partial charge >= 0.3 is 0 Å². The Hall–Kier alpha value is -3.14. The highest BCUT2D eigenvalue weighted by atomic mass is 16.2. The largest absolute Gasteiger partial charge is 0.336 e. The van der Waals surface area contributed by atoms with E-state index in [9.17, 15) is 9.59 Å². The van der Waals surface area contributed by atoms with Gasteiger partial charge in [-0.05, 0) is 56.9 Å². The molecule has 0 fully saturated rings. The molecule has 29 heavy (non-hydrogen) atoms. The van der Waals surface area contributed by atoms with Crippen LogP contribution in [0.3, 0.4) is 0 Å². The third-order valence-corrected chi connectivity index (χ3v) is 5.24. The standard InChI is InChI=1S/C22H29N5O2/c1-15-8-6-9-20(16(15)2)24-21(28)14-26(5)22(29)11-10-19-17(3)25-27(18(19)4)13-7-12-23/h6,8-9H,7,10-11,13-14H2,1-5H3,(H,24,28). The lowest BCUT2D eigenvalue weighted by Gasteiger charge is -2.18. The molecule has 7 heteroatoms. The van der Waals surface area contributed by atoms with Gasteiger partial charge in [-0.1, -0.05) is 12.1 Å². The predicted octanol–water partition coefficient (Wildman–Crippen LogP) is 3.06. The van der Waals surface area contributed by atoms with E-state index in [2.05, 4.69) is 16.5 Å². The van der Waals surface area contributed by atoms with E-state index in [4.69, 9.17) is 5.26 Å². The fourth-order valence-electron chi connectivity index (χ4n) is 3.27. The number of carbonyl (C=O) groups is 2. The van der Waals surface area contributed by atoms with Gasteiger partial charge in [-0.3, -0.25) is 14.3 Å². The molecule has 1 aromatic carbocycles. The molecule has 2 aromatic rings. The molecule has 0 atom stereocenters. The van der Waals surface area contributed by atoms with Crippen LogP contribution in [-0.2, 0) is 22.6 Å². The number of nitriles is 1. The first kappa shape index (κ1) is 22.2. The van der Waals surface area contributed by atoms with Crippen LogP contribution in [0, 0.1) is 39.0 Å². The molecule has 0 unspecified atom stereocenters. The predicted molar refractivity (Wildman–Crippen MR) is 112 cm³/mol. The number of nitrogens with one attached hydrogen (secondary N) is 1. The van der Waals surface area contributed by atoms with Crippen molar-refractivity contribution in [1.29, 1.82) is 5.26 Å². The molecule has 1 aromatic heterocycles. The van der Waals surface area contributed by atoms with Gasteiger partial charge in [0.1, 0.15) is 0 Å². The van der Waals surface area contributed by atoms with E-state index in [1.807, 2.05) is 50.6 Å². The lowest BCUT2D eigenvalue weighted by atomic mass is 10.1. The van der Waals surface area contributed by atoms with Gasteiger partial charge in [0.25, 0.3) is 0 Å². The smallest absolute Gasteiger partial charge is 0.243 e. The van der Waals surface area contributed by atoms with Gasteiger partial charge in [0.15, 0.2) is 0 Å². The van der Waals surface area contributed by atoms with Crippen molar-refractivity contribution in [3.8, 4) is 6.07 Å². The Balaban J connectivity index is 1.91. The number of likely N-dealkylation sites (N-methyl/N-ethyl adjacent to an activating group) is 1. The van der Waals surface area contributed by atoms with Crippen LogP contribution in [0.4, 0.5) is 5.69 Å². The molecule has 0 aliphatic carbocycles. The van der Waals surface area contributed by atoms with E-state index in [1.165, 1.54) is 4.90 Å². The van der Waals surface area contributed by atoms with Crippen LogP contribution in [0.5, 0.6) is 0 Å². The van der Waals surface area contributed by atoms with Crippen LogP contribution in [0.1, 0.15) is 40.9 Å². The molecule has 7 nitrogen and oxygen atoms in total. The lowest BCUT2D eigenvalue weighted by molar-refractivity contribution is -0.133. The SMILES string of the molecule is Cc1cccc(NC(=O)CN(C)C(=O)CCc2c(C)nn(CCC#N)c2C)c1C. The number of amides is 2. The second kappa shape index (κ2) is 9.87. The minimum absolute atomic E-state index is 0.00557. The fourth-order valence-corrected chi connectivity index (χ4v) is 3.27. The zero-order valence-electron chi connectivity index (χ0n) is 17.9. The van der Waals surface area contributed by atoms with Crippen molar-refractivity contribution in [2.24, 2.45) is 0 Å². The zero-order valence-corrected chi connectivity index (χ0v) is 17.9. The molecule has 0 aliphatic heterocycles. The number of hydrogen-bond acceptors (Lipinski definition) is 4. The summed E-state index contributed by atoms with van der Waals surface area (Å²) in [6.07, 6.45) is 1.27. The van der Waals surface area contributed by atoms with Gasteiger partial charge in [0.05, 0.1) is 31.3 Å². The lowest BCUT2D eigenvalue weighted by Crippen LogP contribution is -2.35. The van der Waals surface area contributed by atoms with Crippen molar-refractivity contribution >= 4 is 17.5 Å². The maximum Gasteiger partial charge on any atom is 0.243 e. The molecular formula is C22H29N5O2. The number of anilines is 1. The fraction of sp³-hybridized carbons (Fsp3) is 0.455.